The lowest BCUT2D eigenvalue weighted by Crippen LogP contribution is -2.49. The Morgan fingerprint density at radius 1 is 0.963 bits per heavy atom. The molecule has 148 valence electrons. The predicted octanol–water partition coefficient (Wildman–Crippen LogP) is 0.533. The SMILES string of the molecule is CCOC(=O)N1CCN(c2cc(C(=O)N3CCN(CC)CC3)ncn2)CC1. The highest BCUT2D eigenvalue weighted by atomic mass is 16.6. The number of likely N-dealkylation sites (N-methyl/N-ethyl adjacent to an activating group) is 1. The molecule has 2 fully saturated rings. The molecule has 2 saturated heterocycles. The summed E-state index contributed by atoms with van der Waals surface area (Å²) in [5.74, 6) is 0.684. The van der Waals surface area contributed by atoms with E-state index in [0.29, 0.717) is 38.5 Å². The van der Waals surface area contributed by atoms with Crippen LogP contribution in [0, 0.1) is 0 Å². The lowest BCUT2D eigenvalue weighted by Gasteiger charge is -2.35. The molecule has 0 saturated carbocycles. The molecule has 9 nitrogen and oxygen atoms in total. The zero-order valence-electron chi connectivity index (χ0n) is 16.1. The van der Waals surface area contributed by atoms with Crippen molar-refractivity contribution in [3.8, 4) is 0 Å². The fourth-order valence-electron chi connectivity index (χ4n) is 3.40. The van der Waals surface area contributed by atoms with Gasteiger partial charge in [0.15, 0.2) is 0 Å². The molecule has 1 aromatic heterocycles. The summed E-state index contributed by atoms with van der Waals surface area (Å²) in [5.41, 5.74) is 0.428. The second-order valence-electron chi connectivity index (χ2n) is 6.66. The minimum atomic E-state index is -0.276. The highest BCUT2D eigenvalue weighted by molar-refractivity contribution is 5.93. The molecule has 3 heterocycles. The molecule has 0 atom stereocenters. The molecule has 0 spiro atoms. The number of ether oxygens (including phenoxy) is 1. The summed E-state index contributed by atoms with van der Waals surface area (Å²) >= 11 is 0. The van der Waals surface area contributed by atoms with Crippen molar-refractivity contribution in [1.82, 2.24) is 24.7 Å². The van der Waals surface area contributed by atoms with Gasteiger partial charge in [0.2, 0.25) is 0 Å². The molecule has 0 N–H and O–H groups in total. The third kappa shape index (κ3) is 4.65. The predicted molar refractivity (Wildman–Crippen MR) is 101 cm³/mol. The molecule has 0 unspecified atom stereocenters. The Kier molecular flexibility index (Phi) is 6.44. The summed E-state index contributed by atoms with van der Waals surface area (Å²) in [7, 11) is 0. The van der Waals surface area contributed by atoms with E-state index in [1.807, 2.05) is 4.90 Å². The van der Waals surface area contributed by atoms with Gasteiger partial charge in [-0.15, -0.1) is 0 Å². The molecule has 0 aromatic carbocycles. The number of nitrogens with zero attached hydrogens (tertiary/aromatic N) is 6. The van der Waals surface area contributed by atoms with Crippen molar-refractivity contribution in [2.75, 3.05) is 70.4 Å². The van der Waals surface area contributed by atoms with Crippen molar-refractivity contribution in [3.63, 3.8) is 0 Å². The van der Waals surface area contributed by atoms with Gasteiger partial charge in [0, 0.05) is 58.4 Å². The van der Waals surface area contributed by atoms with Gasteiger partial charge in [-0.2, -0.15) is 0 Å². The van der Waals surface area contributed by atoms with E-state index in [1.54, 1.807) is 17.9 Å². The number of aromatic nitrogens is 2. The van der Waals surface area contributed by atoms with E-state index in [-0.39, 0.29) is 12.0 Å². The van der Waals surface area contributed by atoms with Crippen LogP contribution in [0.3, 0.4) is 0 Å². The standard InChI is InChI=1S/C18H28N6O3/c1-3-21-5-7-23(8-6-21)17(25)15-13-16(20-14-19-15)22-9-11-24(12-10-22)18(26)27-4-2/h13-14H,3-12H2,1-2H3. The van der Waals surface area contributed by atoms with Crippen molar-refractivity contribution >= 4 is 17.8 Å². The average Bonchev–Trinajstić information content (AvgIpc) is 2.73. The maximum Gasteiger partial charge on any atom is 0.409 e. The van der Waals surface area contributed by atoms with Crippen LogP contribution in [0.15, 0.2) is 12.4 Å². The number of anilines is 1. The van der Waals surface area contributed by atoms with E-state index in [2.05, 4.69) is 26.7 Å². The number of hydrogen-bond acceptors (Lipinski definition) is 7. The van der Waals surface area contributed by atoms with E-state index in [1.165, 1.54) is 6.33 Å². The fourth-order valence-corrected chi connectivity index (χ4v) is 3.40. The zero-order chi connectivity index (χ0) is 19.2. The average molecular weight is 376 g/mol. The van der Waals surface area contributed by atoms with Crippen LogP contribution < -0.4 is 4.90 Å². The first kappa shape index (κ1) is 19.3. The Morgan fingerprint density at radius 2 is 1.63 bits per heavy atom. The lowest BCUT2D eigenvalue weighted by molar-refractivity contribution is 0.0637. The van der Waals surface area contributed by atoms with Crippen LogP contribution in [0.5, 0.6) is 0 Å². The van der Waals surface area contributed by atoms with Crippen LogP contribution in [0.25, 0.3) is 0 Å². The van der Waals surface area contributed by atoms with Gasteiger partial charge >= 0.3 is 6.09 Å². The van der Waals surface area contributed by atoms with Gasteiger partial charge in [-0.1, -0.05) is 6.92 Å². The monoisotopic (exact) mass is 376 g/mol. The van der Waals surface area contributed by atoms with E-state index in [9.17, 15) is 9.59 Å². The van der Waals surface area contributed by atoms with Gasteiger partial charge in [0.1, 0.15) is 17.8 Å². The minimum absolute atomic E-state index is 0.0421. The molecule has 0 aliphatic carbocycles. The maximum absolute atomic E-state index is 12.8. The van der Waals surface area contributed by atoms with Crippen LogP contribution in [-0.2, 0) is 4.74 Å². The minimum Gasteiger partial charge on any atom is -0.450 e. The first-order valence-corrected chi connectivity index (χ1v) is 9.62. The molecule has 2 amide bonds. The first-order chi connectivity index (χ1) is 13.1. The molecule has 2 aliphatic heterocycles. The van der Waals surface area contributed by atoms with E-state index in [4.69, 9.17) is 4.74 Å². The number of piperazine rings is 2. The van der Waals surface area contributed by atoms with Gasteiger partial charge in [-0.05, 0) is 13.5 Å². The number of hydrogen-bond donors (Lipinski definition) is 0. The Morgan fingerprint density at radius 3 is 2.26 bits per heavy atom. The third-order valence-corrected chi connectivity index (χ3v) is 5.11. The Bertz CT molecular complexity index is 654. The van der Waals surface area contributed by atoms with Crippen molar-refractivity contribution in [2.45, 2.75) is 13.8 Å². The van der Waals surface area contributed by atoms with E-state index >= 15 is 0 Å². The molecule has 3 rings (SSSR count). The first-order valence-electron chi connectivity index (χ1n) is 9.62. The van der Waals surface area contributed by atoms with Crippen molar-refractivity contribution in [2.24, 2.45) is 0 Å². The smallest absolute Gasteiger partial charge is 0.409 e. The Labute approximate surface area is 159 Å². The number of rotatable bonds is 4. The number of carbonyl (C=O) groups excluding carboxylic acids is 2. The molecule has 0 bridgehead atoms. The summed E-state index contributed by atoms with van der Waals surface area (Å²) in [6.07, 6.45) is 1.17. The highest BCUT2D eigenvalue weighted by Gasteiger charge is 2.25. The molecule has 0 radical (unpaired) electrons. The van der Waals surface area contributed by atoms with Crippen LogP contribution in [0.4, 0.5) is 10.6 Å². The van der Waals surface area contributed by atoms with Gasteiger partial charge in [0.25, 0.3) is 5.91 Å². The lowest BCUT2D eigenvalue weighted by atomic mass is 10.2. The second kappa shape index (κ2) is 8.98. The number of carbonyl (C=O) groups is 2. The summed E-state index contributed by atoms with van der Waals surface area (Å²) < 4.78 is 5.04. The van der Waals surface area contributed by atoms with Gasteiger partial charge in [-0.25, -0.2) is 14.8 Å². The quantitative estimate of drug-likeness (QED) is 0.758. The van der Waals surface area contributed by atoms with E-state index in [0.717, 1.165) is 38.5 Å². The molecule has 1 aromatic rings. The van der Waals surface area contributed by atoms with E-state index < -0.39 is 0 Å². The molecule has 9 heteroatoms. The normalized spacial score (nSPS) is 18.5. The molecular weight excluding hydrogens is 348 g/mol. The van der Waals surface area contributed by atoms with Crippen LogP contribution in [0.2, 0.25) is 0 Å². The van der Waals surface area contributed by atoms with Crippen LogP contribution in [-0.4, -0.2) is 102 Å². The molecular formula is C18H28N6O3. The van der Waals surface area contributed by atoms with Crippen molar-refractivity contribution in [1.29, 1.82) is 0 Å². The summed E-state index contributed by atoms with van der Waals surface area (Å²) in [4.78, 5) is 41.1. The van der Waals surface area contributed by atoms with Crippen molar-refractivity contribution < 1.29 is 14.3 Å². The second-order valence-corrected chi connectivity index (χ2v) is 6.66. The third-order valence-electron chi connectivity index (χ3n) is 5.11. The van der Waals surface area contributed by atoms with Gasteiger partial charge in [0.05, 0.1) is 6.61 Å². The zero-order valence-corrected chi connectivity index (χ0v) is 16.1. The molecule has 2 aliphatic rings. The summed E-state index contributed by atoms with van der Waals surface area (Å²) in [5, 5.41) is 0. The van der Waals surface area contributed by atoms with Crippen LogP contribution >= 0.6 is 0 Å². The summed E-state index contributed by atoms with van der Waals surface area (Å²) in [6, 6.07) is 1.76. The van der Waals surface area contributed by atoms with Crippen molar-refractivity contribution in [3.05, 3.63) is 18.1 Å². The Hall–Kier alpha value is -2.42. The van der Waals surface area contributed by atoms with Crippen LogP contribution in [0.1, 0.15) is 24.3 Å². The Balaban J connectivity index is 1.59. The maximum atomic E-state index is 12.8. The topological polar surface area (TPSA) is 82.1 Å². The summed E-state index contributed by atoms with van der Waals surface area (Å²) in [6.45, 7) is 11.0. The highest BCUT2D eigenvalue weighted by Crippen LogP contribution is 2.16. The molecule has 27 heavy (non-hydrogen) atoms. The van der Waals surface area contributed by atoms with Gasteiger partial charge < -0.3 is 24.3 Å². The fraction of sp³-hybridized carbons (Fsp3) is 0.667. The largest absolute Gasteiger partial charge is 0.450 e. The number of amides is 2. The van der Waals surface area contributed by atoms with Gasteiger partial charge in [-0.3, -0.25) is 4.79 Å².